The average molecular weight is 315 g/mol. The molecular weight excluding hydrogens is 300 g/mol. The highest BCUT2D eigenvalue weighted by Gasteiger charge is 2.21. The number of aromatic nitrogens is 2. The normalized spacial score (nSPS) is 12.1. The number of hydrogen-bond acceptors (Lipinski definition) is 3. The number of aryl methyl sites for hydroxylation is 1. The van der Waals surface area contributed by atoms with Crippen molar-refractivity contribution in [2.24, 2.45) is 7.05 Å². The Balaban J connectivity index is 2.55. The van der Waals surface area contributed by atoms with Crippen LogP contribution in [-0.2, 0) is 17.1 Å². The van der Waals surface area contributed by atoms with Crippen molar-refractivity contribution in [3.05, 3.63) is 36.5 Å². The highest BCUT2D eigenvalue weighted by atomic mass is 32.2. The van der Waals surface area contributed by atoms with Gasteiger partial charge in [0.05, 0.1) is 16.9 Å². The van der Waals surface area contributed by atoms with Crippen LogP contribution in [0.25, 0.3) is 11.3 Å². The quantitative estimate of drug-likeness (QED) is 0.807. The van der Waals surface area contributed by atoms with E-state index in [0.717, 1.165) is 6.07 Å². The first-order chi connectivity index (χ1) is 9.36. The van der Waals surface area contributed by atoms with Gasteiger partial charge in [0.25, 0.3) is 0 Å². The Morgan fingerprint density at radius 3 is 2.70 bits per heavy atom. The second kappa shape index (κ2) is 5.60. The van der Waals surface area contributed by atoms with Gasteiger partial charge < -0.3 is 4.57 Å². The maximum absolute atomic E-state index is 13.9. The first-order valence-electron chi connectivity index (χ1n) is 5.80. The fraction of sp³-hybridized carbons (Fsp3) is 0.250. The Labute approximate surface area is 119 Å². The molecule has 1 unspecified atom stereocenters. The van der Waals surface area contributed by atoms with Crippen LogP contribution in [0.4, 0.5) is 4.39 Å². The van der Waals surface area contributed by atoms with Crippen molar-refractivity contribution in [2.75, 3.05) is 13.3 Å². The van der Waals surface area contributed by atoms with Crippen LogP contribution < -0.4 is 0 Å². The number of sulfonamides is 1. The van der Waals surface area contributed by atoms with Gasteiger partial charge in [-0.3, -0.25) is 0 Å². The molecule has 20 heavy (non-hydrogen) atoms. The van der Waals surface area contributed by atoms with Gasteiger partial charge in [0.1, 0.15) is 5.82 Å². The summed E-state index contributed by atoms with van der Waals surface area (Å²) in [4.78, 5) is 4.09. The molecule has 0 fully saturated rings. The maximum atomic E-state index is 13.9. The molecule has 0 spiro atoms. The van der Waals surface area contributed by atoms with Crippen LogP contribution in [0.5, 0.6) is 0 Å². The van der Waals surface area contributed by atoms with Gasteiger partial charge in [-0.25, -0.2) is 17.8 Å². The topological polar surface area (TPSA) is 55.2 Å². The molecule has 0 aliphatic heterocycles. The van der Waals surface area contributed by atoms with Crippen LogP contribution in [0, 0.1) is 5.82 Å². The number of halogens is 1. The second-order valence-corrected chi connectivity index (χ2v) is 6.76. The Morgan fingerprint density at radius 1 is 1.45 bits per heavy atom. The summed E-state index contributed by atoms with van der Waals surface area (Å²) in [5.41, 5.74) is 0.569. The van der Waals surface area contributed by atoms with E-state index >= 15 is 0 Å². The molecule has 8 heteroatoms. The van der Waals surface area contributed by atoms with Crippen molar-refractivity contribution in [3.63, 3.8) is 0 Å². The second-order valence-electron chi connectivity index (χ2n) is 4.35. The molecule has 1 aromatic heterocycles. The van der Waals surface area contributed by atoms with E-state index in [1.54, 1.807) is 17.8 Å². The number of benzene rings is 1. The Morgan fingerprint density at radius 2 is 2.15 bits per heavy atom. The molecule has 2 rings (SSSR count). The first-order valence-corrected chi connectivity index (χ1v) is 8.06. The van der Waals surface area contributed by atoms with E-state index in [-0.39, 0.29) is 16.7 Å². The van der Waals surface area contributed by atoms with Gasteiger partial charge in [0.15, 0.2) is 0 Å². The third kappa shape index (κ3) is 2.75. The summed E-state index contributed by atoms with van der Waals surface area (Å²) in [6, 6.07) is 3.71. The number of hydrogen-bond donors (Lipinski definition) is 0. The van der Waals surface area contributed by atoms with Crippen molar-refractivity contribution in [3.8, 4) is 11.3 Å². The zero-order valence-corrected chi connectivity index (χ0v) is 13.1. The lowest BCUT2D eigenvalue weighted by atomic mass is 10.1. The summed E-state index contributed by atoms with van der Waals surface area (Å²) in [6.07, 6.45) is 3.43. The summed E-state index contributed by atoms with van der Waals surface area (Å²) in [5, 5.41) is 0. The van der Waals surface area contributed by atoms with Crippen molar-refractivity contribution in [1.29, 1.82) is 0 Å². The lowest BCUT2D eigenvalue weighted by Gasteiger charge is -2.15. The van der Waals surface area contributed by atoms with E-state index in [1.807, 2.05) is 0 Å². The molecule has 2 aromatic rings. The smallest absolute Gasteiger partial charge is 0.243 e. The molecule has 0 N–H and O–H groups in total. The summed E-state index contributed by atoms with van der Waals surface area (Å²) < 4.78 is 41.2. The summed E-state index contributed by atoms with van der Waals surface area (Å²) >= 11 is 0. The molecule has 1 heterocycles. The molecule has 1 atom stereocenters. The first kappa shape index (κ1) is 15.1. The zero-order chi connectivity index (χ0) is 14.9. The number of nitrogens with zero attached hydrogens (tertiary/aromatic N) is 3. The van der Waals surface area contributed by atoms with Gasteiger partial charge in [0, 0.05) is 32.1 Å². The summed E-state index contributed by atoms with van der Waals surface area (Å²) in [5.74, 6) is -0.504. The van der Waals surface area contributed by atoms with E-state index in [2.05, 4.69) is 14.2 Å². The van der Waals surface area contributed by atoms with Crippen molar-refractivity contribution in [1.82, 2.24) is 13.9 Å². The highest BCUT2D eigenvalue weighted by Crippen LogP contribution is 2.25. The van der Waals surface area contributed by atoms with Gasteiger partial charge in [0.2, 0.25) is 10.0 Å². The van der Waals surface area contributed by atoms with Crippen molar-refractivity contribution >= 4 is 19.3 Å². The highest BCUT2D eigenvalue weighted by molar-refractivity contribution is 7.89. The molecule has 5 nitrogen and oxygen atoms in total. The molecule has 0 radical (unpaired) electrons. The summed E-state index contributed by atoms with van der Waals surface area (Å²) in [7, 11) is 1.94. The predicted octanol–water partition coefficient (Wildman–Crippen LogP) is 1.68. The van der Waals surface area contributed by atoms with Crippen LogP contribution >= 0.6 is 9.24 Å². The molecule has 0 saturated heterocycles. The predicted molar refractivity (Wildman–Crippen MR) is 78.1 cm³/mol. The van der Waals surface area contributed by atoms with Crippen LogP contribution in [0.3, 0.4) is 0 Å². The molecule has 0 aliphatic rings. The Bertz CT molecular complexity index is 730. The zero-order valence-electron chi connectivity index (χ0n) is 11.1. The van der Waals surface area contributed by atoms with E-state index in [9.17, 15) is 12.8 Å². The third-order valence-corrected chi connectivity index (χ3v) is 5.52. The van der Waals surface area contributed by atoms with E-state index in [4.69, 9.17) is 0 Å². The van der Waals surface area contributed by atoms with Gasteiger partial charge in [-0.1, -0.05) is 0 Å². The molecule has 108 valence electrons. The fourth-order valence-electron chi connectivity index (χ4n) is 1.69. The van der Waals surface area contributed by atoms with Gasteiger partial charge >= 0.3 is 0 Å². The standard InChI is InChI=1S/C12H15FN3O2PS/c1-15-6-12(14-7-15)10-5-9(3-4-11(10)13)20(17,18)16(2)8-19/h3-7H,8,19H2,1-2H3. The van der Waals surface area contributed by atoms with Crippen LogP contribution in [0.15, 0.2) is 35.6 Å². The van der Waals surface area contributed by atoms with Crippen LogP contribution in [0.1, 0.15) is 0 Å². The van der Waals surface area contributed by atoms with Gasteiger partial charge in [-0.15, -0.1) is 9.24 Å². The van der Waals surface area contributed by atoms with Crippen molar-refractivity contribution < 1.29 is 12.8 Å². The molecular formula is C12H15FN3O2PS. The van der Waals surface area contributed by atoms with Gasteiger partial charge in [-0.05, 0) is 18.2 Å². The molecule has 0 bridgehead atoms. The Kier molecular flexibility index (Phi) is 4.22. The van der Waals surface area contributed by atoms with E-state index in [1.165, 1.54) is 29.8 Å². The van der Waals surface area contributed by atoms with Crippen molar-refractivity contribution in [2.45, 2.75) is 4.90 Å². The average Bonchev–Trinajstić information content (AvgIpc) is 2.84. The van der Waals surface area contributed by atoms with E-state index < -0.39 is 15.8 Å². The third-order valence-electron chi connectivity index (χ3n) is 2.88. The molecule has 0 saturated carbocycles. The largest absolute Gasteiger partial charge is 0.340 e. The maximum Gasteiger partial charge on any atom is 0.243 e. The minimum absolute atomic E-state index is 0.0458. The lowest BCUT2D eigenvalue weighted by Crippen LogP contribution is -2.25. The summed E-state index contributed by atoms with van der Waals surface area (Å²) in [6.45, 7) is 0. The fourth-order valence-corrected chi connectivity index (χ4v) is 3.34. The molecule has 0 amide bonds. The minimum atomic E-state index is -3.62. The SMILES string of the molecule is CN(CP)S(=O)(=O)c1ccc(F)c(-c2cn(C)cn2)c1. The van der Waals surface area contributed by atoms with E-state index in [0.29, 0.717) is 5.69 Å². The molecule has 0 aliphatic carbocycles. The Hall–Kier alpha value is -1.30. The number of rotatable bonds is 4. The van der Waals surface area contributed by atoms with Crippen LogP contribution in [-0.4, -0.2) is 35.6 Å². The minimum Gasteiger partial charge on any atom is -0.340 e. The lowest BCUT2D eigenvalue weighted by molar-refractivity contribution is 0.512. The monoisotopic (exact) mass is 315 g/mol. The number of imidazole rings is 1. The molecule has 1 aromatic carbocycles. The van der Waals surface area contributed by atoms with Crippen LogP contribution in [0.2, 0.25) is 0 Å². The van der Waals surface area contributed by atoms with Gasteiger partial charge in [-0.2, -0.15) is 4.31 Å².